The number of hydrogen-bond acceptors (Lipinski definition) is 6. The fraction of sp³-hybridized carbons (Fsp3) is 0.200. The number of nitrogens with zero attached hydrogens (tertiary/aromatic N) is 3. The van der Waals surface area contributed by atoms with Crippen molar-refractivity contribution in [3.63, 3.8) is 0 Å². The van der Waals surface area contributed by atoms with Gasteiger partial charge in [0.05, 0.1) is 5.56 Å². The van der Waals surface area contributed by atoms with Crippen LogP contribution >= 0.6 is 0 Å². The number of aromatic hydroxyl groups is 1. The molecule has 0 aliphatic carbocycles. The molecular weight excluding hydrogens is 481 g/mol. The smallest absolute Gasteiger partial charge is 0.243 e. The molecule has 0 unspecified atom stereocenters. The molecule has 38 heavy (non-hydrogen) atoms. The van der Waals surface area contributed by atoms with E-state index in [2.05, 4.69) is 45.6 Å². The molecule has 0 saturated carbocycles. The minimum atomic E-state index is -0.514. The monoisotopic (exact) mass is 515 g/mol. The molecular formula is C30H34FN5O2. The Bertz CT molecular complexity index is 1400. The summed E-state index contributed by atoms with van der Waals surface area (Å²) >= 11 is 0. The summed E-state index contributed by atoms with van der Waals surface area (Å²) in [6, 6.07) is 11.7. The zero-order valence-corrected chi connectivity index (χ0v) is 22.3. The average molecular weight is 516 g/mol. The van der Waals surface area contributed by atoms with Gasteiger partial charge in [0.1, 0.15) is 17.3 Å². The summed E-state index contributed by atoms with van der Waals surface area (Å²) in [6.07, 6.45) is 2.91. The van der Waals surface area contributed by atoms with Gasteiger partial charge in [0.25, 0.3) is 0 Å². The summed E-state index contributed by atoms with van der Waals surface area (Å²) in [5, 5.41) is 26.7. The summed E-state index contributed by atoms with van der Waals surface area (Å²) in [5.74, 6) is -0.384. The molecule has 198 valence electrons. The molecule has 2 aromatic heterocycles. The van der Waals surface area contributed by atoms with E-state index in [4.69, 9.17) is 0 Å². The highest BCUT2D eigenvalue weighted by molar-refractivity contribution is 6.03. The van der Waals surface area contributed by atoms with Crippen LogP contribution in [-0.4, -0.2) is 39.3 Å². The van der Waals surface area contributed by atoms with Crippen LogP contribution in [0.15, 0.2) is 74.5 Å². The van der Waals surface area contributed by atoms with Gasteiger partial charge in [-0.2, -0.15) is 0 Å². The first-order valence-electron chi connectivity index (χ1n) is 12.3. The van der Waals surface area contributed by atoms with Crippen LogP contribution in [0.1, 0.15) is 25.1 Å². The molecule has 4 aromatic rings. The fourth-order valence-electron chi connectivity index (χ4n) is 3.86. The van der Waals surface area contributed by atoms with Gasteiger partial charge in [-0.25, -0.2) is 4.39 Å². The van der Waals surface area contributed by atoms with Crippen LogP contribution in [0.3, 0.4) is 0 Å². The van der Waals surface area contributed by atoms with E-state index in [9.17, 15) is 14.3 Å². The quantitative estimate of drug-likeness (QED) is 0.150. The molecule has 2 heterocycles. The summed E-state index contributed by atoms with van der Waals surface area (Å²) in [4.78, 5) is 15.8. The van der Waals surface area contributed by atoms with Gasteiger partial charge in [-0.15, -0.1) is 23.4 Å². The Hall–Kier alpha value is -4.59. The molecule has 0 radical (unpaired) electrons. The van der Waals surface area contributed by atoms with Crippen LogP contribution in [0.2, 0.25) is 0 Å². The third-order valence-electron chi connectivity index (χ3n) is 5.55. The predicted octanol–water partition coefficient (Wildman–Crippen LogP) is 6.36. The number of pyridine rings is 1. The first kappa shape index (κ1) is 29.6. The Labute approximate surface area is 223 Å². The normalized spacial score (nSPS) is 9.92. The third kappa shape index (κ3) is 6.59. The van der Waals surface area contributed by atoms with Crippen LogP contribution in [0.25, 0.3) is 33.2 Å². The molecule has 7 nitrogen and oxygen atoms in total. The number of fused-ring (bicyclic) bond motifs is 1. The maximum Gasteiger partial charge on any atom is 0.243 e. The Morgan fingerprint density at radius 1 is 1.03 bits per heavy atom. The second kappa shape index (κ2) is 14.2. The number of anilines is 1. The van der Waals surface area contributed by atoms with Crippen molar-refractivity contribution in [1.82, 2.24) is 20.5 Å². The maximum absolute atomic E-state index is 14.7. The van der Waals surface area contributed by atoms with Crippen LogP contribution in [0, 0.1) is 19.7 Å². The number of carbonyl (C=O) groups excluding carboxylic acids is 1. The molecule has 0 aliphatic heterocycles. The molecule has 0 atom stereocenters. The van der Waals surface area contributed by atoms with Gasteiger partial charge in [0.15, 0.2) is 5.82 Å². The fourth-order valence-corrected chi connectivity index (χ4v) is 3.86. The SMILES string of the molecule is C=C.C=CC(=O)NCCNc1nnc(-c2cccnc2C)c2cc(-c3c(O)cccc3F)c(C)cc12.CC. The van der Waals surface area contributed by atoms with Crippen molar-refractivity contribution >= 4 is 22.5 Å². The highest BCUT2D eigenvalue weighted by Gasteiger charge is 2.19. The van der Waals surface area contributed by atoms with Crippen molar-refractivity contribution < 1.29 is 14.3 Å². The largest absolute Gasteiger partial charge is 0.507 e. The summed E-state index contributed by atoms with van der Waals surface area (Å²) in [7, 11) is 0. The van der Waals surface area contributed by atoms with Gasteiger partial charge in [-0.3, -0.25) is 9.78 Å². The third-order valence-corrected chi connectivity index (χ3v) is 5.55. The Morgan fingerprint density at radius 3 is 2.42 bits per heavy atom. The highest BCUT2D eigenvalue weighted by atomic mass is 19.1. The highest BCUT2D eigenvalue weighted by Crippen LogP contribution is 2.39. The van der Waals surface area contributed by atoms with E-state index >= 15 is 0 Å². The van der Waals surface area contributed by atoms with Gasteiger partial charge in [0.2, 0.25) is 5.91 Å². The number of aromatic nitrogens is 3. The number of phenols is 1. The van der Waals surface area contributed by atoms with E-state index in [1.165, 1.54) is 24.3 Å². The molecule has 0 fully saturated rings. The van der Waals surface area contributed by atoms with Crippen molar-refractivity contribution in [2.75, 3.05) is 18.4 Å². The standard InChI is InChI=1S/C26H24FN5O2.C2H6.C2H4/c1-4-23(34)29-11-12-30-26-20-13-15(2)18(24-21(27)8-5-9-22(24)33)14-19(20)25(31-32-26)17-7-6-10-28-16(17)3;2*1-2/h4-10,13-14,33H,1,11-12H2,2-3H3,(H,29,34)(H,30,32);1-2H3;1-2H2. The lowest BCUT2D eigenvalue weighted by molar-refractivity contribution is -0.116. The Balaban J connectivity index is 0.00000121. The van der Waals surface area contributed by atoms with E-state index in [0.717, 1.165) is 27.6 Å². The molecule has 8 heteroatoms. The van der Waals surface area contributed by atoms with Gasteiger partial charge in [0, 0.05) is 41.3 Å². The number of halogens is 1. The maximum atomic E-state index is 14.7. The summed E-state index contributed by atoms with van der Waals surface area (Å²) < 4.78 is 14.7. The van der Waals surface area contributed by atoms with Crippen molar-refractivity contribution in [3.05, 3.63) is 91.5 Å². The van der Waals surface area contributed by atoms with Crippen molar-refractivity contribution in [3.8, 4) is 28.1 Å². The van der Waals surface area contributed by atoms with Crippen LogP contribution < -0.4 is 10.6 Å². The van der Waals surface area contributed by atoms with Gasteiger partial charge in [-0.1, -0.05) is 26.5 Å². The molecule has 0 saturated heterocycles. The second-order valence-corrected chi connectivity index (χ2v) is 7.80. The molecule has 1 amide bonds. The summed E-state index contributed by atoms with van der Waals surface area (Å²) in [6.45, 7) is 18.0. The molecule has 0 bridgehead atoms. The van der Waals surface area contributed by atoms with E-state index < -0.39 is 5.82 Å². The van der Waals surface area contributed by atoms with Gasteiger partial charge in [-0.05, 0) is 67.4 Å². The number of rotatable bonds is 7. The van der Waals surface area contributed by atoms with E-state index in [1.807, 2.05) is 52.0 Å². The zero-order chi connectivity index (χ0) is 28.2. The van der Waals surface area contributed by atoms with E-state index in [1.54, 1.807) is 6.20 Å². The lowest BCUT2D eigenvalue weighted by Crippen LogP contribution is -2.27. The van der Waals surface area contributed by atoms with E-state index in [0.29, 0.717) is 30.2 Å². The van der Waals surface area contributed by atoms with Gasteiger partial charge >= 0.3 is 0 Å². The number of phenolic OH excluding ortho intramolecular Hbond substituents is 1. The number of amides is 1. The first-order valence-corrected chi connectivity index (χ1v) is 12.3. The predicted molar refractivity (Wildman–Crippen MR) is 154 cm³/mol. The van der Waals surface area contributed by atoms with Gasteiger partial charge < -0.3 is 15.7 Å². The lowest BCUT2D eigenvalue weighted by atomic mass is 9.93. The Morgan fingerprint density at radius 2 is 1.76 bits per heavy atom. The van der Waals surface area contributed by atoms with Crippen LogP contribution in [-0.2, 0) is 4.79 Å². The van der Waals surface area contributed by atoms with Crippen molar-refractivity contribution in [1.29, 1.82) is 0 Å². The van der Waals surface area contributed by atoms with Crippen LogP contribution in [0.4, 0.5) is 10.2 Å². The number of nitrogens with one attached hydrogen (secondary N) is 2. The minimum Gasteiger partial charge on any atom is -0.507 e. The number of aryl methyl sites for hydroxylation is 2. The number of benzene rings is 2. The van der Waals surface area contributed by atoms with Crippen LogP contribution in [0.5, 0.6) is 5.75 Å². The number of hydrogen-bond donors (Lipinski definition) is 3. The average Bonchev–Trinajstić information content (AvgIpc) is 2.94. The van der Waals surface area contributed by atoms with Crippen molar-refractivity contribution in [2.24, 2.45) is 0 Å². The first-order chi connectivity index (χ1) is 18.4. The second-order valence-electron chi connectivity index (χ2n) is 7.80. The van der Waals surface area contributed by atoms with E-state index in [-0.39, 0.29) is 17.2 Å². The number of carbonyl (C=O) groups is 1. The molecule has 3 N–H and O–H groups in total. The van der Waals surface area contributed by atoms with Crippen molar-refractivity contribution in [2.45, 2.75) is 27.7 Å². The molecule has 2 aromatic carbocycles. The Kier molecular flexibility index (Phi) is 11.1. The molecule has 4 rings (SSSR count). The lowest BCUT2D eigenvalue weighted by Gasteiger charge is -2.16. The zero-order valence-electron chi connectivity index (χ0n) is 22.3. The molecule has 0 aliphatic rings. The molecule has 0 spiro atoms. The topological polar surface area (TPSA) is 100 Å². The minimum absolute atomic E-state index is 0.134. The summed E-state index contributed by atoms with van der Waals surface area (Å²) in [5.41, 5.74) is 3.64.